The first kappa shape index (κ1) is 13.5. The predicted octanol–water partition coefficient (Wildman–Crippen LogP) is 0.270. The van der Waals surface area contributed by atoms with Crippen LogP contribution in [-0.2, 0) is 9.47 Å². The van der Waals surface area contributed by atoms with E-state index < -0.39 is 12.1 Å². The predicted molar refractivity (Wildman–Crippen MR) is 58.8 cm³/mol. The molecular weight excluding hydrogens is 228 g/mol. The third-order valence-electron chi connectivity index (χ3n) is 1.84. The van der Waals surface area contributed by atoms with Crippen LogP contribution in [0.15, 0.2) is 10.7 Å². The van der Waals surface area contributed by atoms with Crippen LogP contribution in [0.25, 0.3) is 0 Å². The minimum atomic E-state index is -0.669. The van der Waals surface area contributed by atoms with Gasteiger partial charge in [0, 0.05) is 13.7 Å². The first-order valence-electron chi connectivity index (χ1n) is 5.20. The molecule has 17 heavy (non-hydrogen) atoms. The Balaban J connectivity index is 2.43. The molecule has 1 rings (SSSR count). The molecule has 1 aromatic heterocycles. The number of carbonyl (C=O) groups excluding carboxylic acids is 1. The highest BCUT2D eigenvalue weighted by molar-refractivity contribution is 5.87. The van der Waals surface area contributed by atoms with Gasteiger partial charge >= 0.3 is 5.97 Å². The number of hydrogen-bond acceptors (Lipinski definition) is 7. The zero-order valence-electron chi connectivity index (χ0n) is 9.80. The lowest BCUT2D eigenvalue weighted by molar-refractivity contribution is 0.0519. The van der Waals surface area contributed by atoms with Gasteiger partial charge in [-0.05, 0) is 6.92 Å². The summed E-state index contributed by atoms with van der Waals surface area (Å²) in [6.07, 6.45) is 0.529. The SMILES string of the molecule is CCOC(=O)c1coc(NCC(O)COC)n1. The number of carbonyl (C=O) groups is 1. The molecule has 0 fully saturated rings. The fourth-order valence-corrected chi connectivity index (χ4v) is 1.11. The van der Waals surface area contributed by atoms with E-state index in [0.29, 0.717) is 0 Å². The molecule has 1 aromatic rings. The van der Waals surface area contributed by atoms with Crippen molar-refractivity contribution in [1.29, 1.82) is 0 Å². The average Bonchev–Trinajstić information content (AvgIpc) is 2.76. The molecule has 0 bridgehead atoms. The molecule has 1 unspecified atom stereocenters. The van der Waals surface area contributed by atoms with Crippen LogP contribution >= 0.6 is 0 Å². The van der Waals surface area contributed by atoms with Crippen LogP contribution < -0.4 is 5.32 Å². The van der Waals surface area contributed by atoms with Crippen molar-refractivity contribution in [2.45, 2.75) is 13.0 Å². The molecule has 1 atom stereocenters. The molecule has 1 heterocycles. The molecular formula is C10H16N2O5. The fourth-order valence-electron chi connectivity index (χ4n) is 1.11. The van der Waals surface area contributed by atoms with Crippen LogP contribution in [0.2, 0.25) is 0 Å². The van der Waals surface area contributed by atoms with E-state index in [2.05, 4.69) is 10.3 Å². The Kier molecular flexibility index (Phi) is 5.44. The second-order valence-electron chi connectivity index (χ2n) is 3.25. The number of nitrogens with zero attached hydrogens (tertiary/aromatic N) is 1. The summed E-state index contributed by atoms with van der Waals surface area (Å²) in [6, 6.07) is 0.156. The summed E-state index contributed by atoms with van der Waals surface area (Å²) < 4.78 is 14.5. The number of esters is 1. The van der Waals surface area contributed by atoms with E-state index in [1.807, 2.05) is 0 Å². The van der Waals surface area contributed by atoms with Gasteiger partial charge in [0.1, 0.15) is 6.26 Å². The van der Waals surface area contributed by atoms with E-state index in [0.717, 1.165) is 0 Å². The minimum Gasteiger partial charge on any atom is -0.461 e. The van der Waals surface area contributed by atoms with E-state index in [1.165, 1.54) is 13.4 Å². The van der Waals surface area contributed by atoms with Gasteiger partial charge in [-0.3, -0.25) is 0 Å². The minimum absolute atomic E-state index is 0.0931. The van der Waals surface area contributed by atoms with Crippen LogP contribution in [0.5, 0.6) is 0 Å². The maximum Gasteiger partial charge on any atom is 0.360 e. The molecule has 0 aliphatic heterocycles. The molecule has 0 radical (unpaired) electrons. The number of methoxy groups -OCH3 is 1. The summed E-state index contributed by atoms with van der Waals surface area (Å²) in [5.41, 5.74) is 0.0931. The highest BCUT2D eigenvalue weighted by Crippen LogP contribution is 2.08. The van der Waals surface area contributed by atoms with Crippen molar-refractivity contribution in [3.63, 3.8) is 0 Å². The Labute approximate surface area is 98.7 Å². The van der Waals surface area contributed by atoms with Crippen LogP contribution in [0.4, 0.5) is 6.01 Å². The van der Waals surface area contributed by atoms with Gasteiger partial charge in [-0.1, -0.05) is 0 Å². The van der Waals surface area contributed by atoms with Crippen LogP contribution in [0, 0.1) is 0 Å². The first-order chi connectivity index (χ1) is 8.17. The number of nitrogens with one attached hydrogen (secondary N) is 1. The number of ether oxygens (including phenoxy) is 2. The third-order valence-corrected chi connectivity index (χ3v) is 1.84. The molecule has 0 spiro atoms. The molecule has 7 nitrogen and oxygen atoms in total. The van der Waals surface area contributed by atoms with Crippen molar-refractivity contribution >= 4 is 12.0 Å². The second-order valence-corrected chi connectivity index (χ2v) is 3.25. The van der Waals surface area contributed by atoms with Crippen molar-refractivity contribution in [3.8, 4) is 0 Å². The number of aliphatic hydroxyl groups is 1. The summed E-state index contributed by atoms with van der Waals surface area (Å²) >= 11 is 0. The average molecular weight is 244 g/mol. The van der Waals surface area contributed by atoms with Crippen molar-refractivity contribution in [2.75, 3.05) is 32.2 Å². The summed E-state index contributed by atoms with van der Waals surface area (Å²) in [7, 11) is 1.49. The number of rotatable bonds is 7. The zero-order chi connectivity index (χ0) is 12.7. The lowest BCUT2D eigenvalue weighted by atomic mass is 10.4. The number of aliphatic hydroxyl groups excluding tert-OH is 1. The maximum absolute atomic E-state index is 11.3. The topological polar surface area (TPSA) is 93.8 Å². The summed E-state index contributed by atoms with van der Waals surface area (Å²) in [5, 5.41) is 12.1. The molecule has 96 valence electrons. The van der Waals surface area contributed by atoms with Crippen molar-refractivity contribution in [3.05, 3.63) is 12.0 Å². The fraction of sp³-hybridized carbons (Fsp3) is 0.600. The van der Waals surface area contributed by atoms with Crippen molar-refractivity contribution in [1.82, 2.24) is 4.98 Å². The van der Waals surface area contributed by atoms with Gasteiger partial charge in [0.2, 0.25) is 0 Å². The summed E-state index contributed by atoms with van der Waals surface area (Å²) in [4.78, 5) is 15.1. The van der Waals surface area contributed by atoms with Gasteiger partial charge in [-0.2, -0.15) is 4.98 Å². The quantitative estimate of drug-likeness (QED) is 0.665. The Morgan fingerprint density at radius 2 is 2.47 bits per heavy atom. The number of oxazole rings is 1. The van der Waals surface area contributed by atoms with Gasteiger partial charge in [0.05, 0.1) is 19.3 Å². The molecule has 7 heteroatoms. The molecule has 0 aromatic carbocycles. The number of aromatic nitrogens is 1. The summed E-state index contributed by atoms with van der Waals surface area (Å²) in [6.45, 7) is 2.41. The van der Waals surface area contributed by atoms with Crippen LogP contribution in [0.1, 0.15) is 17.4 Å². The zero-order valence-corrected chi connectivity index (χ0v) is 9.80. The highest BCUT2D eigenvalue weighted by atomic mass is 16.5. The van der Waals surface area contributed by atoms with Gasteiger partial charge in [0.15, 0.2) is 5.69 Å². The van der Waals surface area contributed by atoms with E-state index in [-0.39, 0.29) is 31.5 Å². The smallest absolute Gasteiger partial charge is 0.360 e. The maximum atomic E-state index is 11.3. The van der Waals surface area contributed by atoms with E-state index >= 15 is 0 Å². The molecule has 2 N–H and O–H groups in total. The molecule has 0 saturated carbocycles. The molecule has 0 aliphatic rings. The Morgan fingerprint density at radius 3 is 3.12 bits per heavy atom. The van der Waals surface area contributed by atoms with E-state index in [9.17, 15) is 9.90 Å². The standard InChI is InChI=1S/C10H16N2O5/c1-3-16-9(14)8-6-17-10(12-8)11-4-7(13)5-15-2/h6-7,13H,3-5H2,1-2H3,(H,11,12). The third kappa shape index (κ3) is 4.41. The van der Waals surface area contributed by atoms with Crippen molar-refractivity contribution in [2.24, 2.45) is 0 Å². The monoisotopic (exact) mass is 244 g/mol. The lowest BCUT2D eigenvalue weighted by Crippen LogP contribution is -2.24. The van der Waals surface area contributed by atoms with Crippen LogP contribution in [-0.4, -0.2) is 49.0 Å². The Morgan fingerprint density at radius 1 is 1.71 bits per heavy atom. The number of hydrogen-bond donors (Lipinski definition) is 2. The van der Waals surface area contributed by atoms with Gasteiger partial charge < -0.3 is 24.3 Å². The normalized spacial score (nSPS) is 12.2. The van der Waals surface area contributed by atoms with Crippen LogP contribution in [0.3, 0.4) is 0 Å². The van der Waals surface area contributed by atoms with Gasteiger partial charge in [-0.25, -0.2) is 4.79 Å². The highest BCUT2D eigenvalue weighted by Gasteiger charge is 2.13. The lowest BCUT2D eigenvalue weighted by Gasteiger charge is -2.08. The summed E-state index contributed by atoms with van der Waals surface area (Å²) in [5.74, 6) is -0.540. The van der Waals surface area contributed by atoms with Gasteiger partial charge in [-0.15, -0.1) is 0 Å². The van der Waals surface area contributed by atoms with E-state index in [4.69, 9.17) is 13.9 Å². The molecule has 0 aliphatic carbocycles. The number of anilines is 1. The molecule has 0 saturated heterocycles. The first-order valence-corrected chi connectivity index (χ1v) is 5.20. The van der Waals surface area contributed by atoms with Gasteiger partial charge in [0.25, 0.3) is 6.01 Å². The Hall–Kier alpha value is -1.60. The Bertz CT molecular complexity index is 352. The van der Waals surface area contributed by atoms with Crippen molar-refractivity contribution < 1.29 is 23.8 Å². The largest absolute Gasteiger partial charge is 0.461 e. The molecule has 0 amide bonds. The second kappa shape index (κ2) is 6.87. The van der Waals surface area contributed by atoms with E-state index in [1.54, 1.807) is 6.92 Å².